The predicted molar refractivity (Wildman–Crippen MR) is 78.1 cm³/mol. The molecule has 1 aromatic heterocycles. The number of benzene rings is 1. The third kappa shape index (κ3) is 2.55. The van der Waals surface area contributed by atoms with E-state index < -0.39 is 0 Å². The molecule has 1 aromatic carbocycles. The van der Waals surface area contributed by atoms with E-state index in [9.17, 15) is 0 Å². The minimum absolute atomic E-state index is 0.815. The maximum absolute atomic E-state index is 4.63. The number of hydrogen-bond acceptors (Lipinski definition) is 5. The van der Waals surface area contributed by atoms with Gasteiger partial charge in [0.15, 0.2) is 5.82 Å². The summed E-state index contributed by atoms with van der Waals surface area (Å²) in [6, 6.07) is 8.09. The molecule has 0 bridgehead atoms. The summed E-state index contributed by atoms with van der Waals surface area (Å²) in [7, 11) is 0. The molecule has 0 atom stereocenters. The fourth-order valence-electron chi connectivity index (χ4n) is 1.94. The van der Waals surface area contributed by atoms with E-state index in [0.29, 0.717) is 0 Å². The molecular weight excluding hydrogens is 312 g/mol. The van der Waals surface area contributed by atoms with Gasteiger partial charge in [-0.15, -0.1) is 0 Å². The standard InChI is InChI=1S/C12H13BrN4S/c13-10-3-1-2-9(8-10)11-15-12(18-16-11)17-6-4-14-5-7-17/h1-3,8,14H,4-7H2. The minimum Gasteiger partial charge on any atom is -0.344 e. The summed E-state index contributed by atoms with van der Waals surface area (Å²) in [5.74, 6) is 0.815. The molecule has 1 aliphatic rings. The Morgan fingerprint density at radius 3 is 2.89 bits per heavy atom. The van der Waals surface area contributed by atoms with E-state index in [1.54, 1.807) is 0 Å². The van der Waals surface area contributed by atoms with Crippen molar-refractivity contribution in [3.63, 3.8) is 0 Å². The maximum Gasteiger partial charge on any atom is 0.205 e. The lowest BCUT2D eigenvalue weighted by Gasteiger charge is -2.26. The number of rotatable bonds is 2. The minimum atomic E-state index is 0.815. The lowest BCUT2D eigenvalue weighted by molar-refractivity contribution is 0.588. The van der Waals surface area contributed by atoms with Crippen molar-refractivity contribution < 1.29 is 0 Å². The number of halogens is 1. The summed E-state index contributed by atoms with van der Waals surface area (Å²) in [6.07, 6.45) is 0. The van der Waals surface area contributed by atoms with Gasteiger partial charge in [0.25, 0.3) is 0 Å². The molecule has 1 N–H and O–H groups in total. The third-order valence-electron chi connectivity index (χ3n) is 2.89. The average molecular weight is 325 g/mol. The molecule has 0 radical (unpaired) electrons. The highest BCUT2D eigenvalue weighted by Crippen LogP contribution is 2.25. The zero-order chi connectivity index (χ0) is 12.4. The average Bonchev–Trinajstić information content (AvgIpc) is 2.89. The summed E-state index contributed by atoms with van der Waals surface area (Å²) in [4.78, 5) is 6.92. The van der Waals surface area contributed by atoms with Crippen molar-refractivity contribution in [2.45, 2.75) is 0 Å². The maximum atomic E-state index is 4.63. The first-order valence-electron chi connectivity index (χ1n) is 5.88. The second kappa shape index (κ2) is 5.34. The number of aromatic nitrogens is 2. The molecule has 1 fully saturated rings. The second-order valence-electron chi connectivity index (χ2n) is 4.15. The van der Waals surface area contributed by atoms with Crippen LogP contribution < -0.4 is 10.2 Å². The Morgan fingerprint density at radius 2 is 2.11 bits per heavy atom. The fourth-order valence-corrected chi connectivity index (χ4v) is 3.08. The summed E-state index contributed by atoms with van der Waals surface area (Å²) in [5, 5.41) is 4.36. The van der Waals surface area contributed by atoms with Crippen LogP contribution in [0.25, 0.3) is 11.4 Å². The molecule has 3 rings (SSSR count). The Kier molecular flexibility index (Phi) is 3.58. The first-order chi connectivity index (χ1) is 8.83. The van der Waals surface area contributed by atoms with Crippen molar-refractivity contribution in [3.05, 3.63) is 28.7 Å². The van der Waals surface area contributed by atoms with Crippen LogP contribution in [0.5, 0.6) is 0 Å². The fraction of sp³-hybridized carbons (Fsp3) is 0.333. The lowest BCUT2D eigenvalue weighted by atomic mass is 10.2. The summed E-state index contributed by atoms with van der Waals surface area (Å²) >= 11 is 4.95. The van der Waals surface area contributed by atoms with Gasteiger partial charge in [-0.3, -0.25) is 0 Å². The van der Waals surface area contributed by atoms with Crippen molar-refractivity contribution >= 4 is 32.6 Å². The van der Waals surface area contributed by atoms with Gasteiger partial charge in [-0.25, -0.2) is 0 Å². The number of nitrogens with zero attached hydrogens (tertiary/aromatic N) is 3. The van der Waals surface area contributed by atoms with Crippen molar-refractivity contribution in [2.24, 2.45) is 0 Å². The predicted octanol–water partition coefficient (Wildman–Crippen LogP) is 2.38. The van der Waals surface area contributed by atoms with Crippen LogP contribution in [0.2, 0.25) is 0 Å². The van der Waals surface area contributed by atoms with E-state index >= 15 is 0 Å². The number of anilines is 1. The molecule has 0 aliphatic carbocycles. The second-order valence-corrected chi connectivity index (χ2v) is 5.79. The first-order valence-corrected chi connectivity index (χ1v) is 7.45. The van der Waals surface area contributed by atoms with E-state index in [1.807, 2.05) is 24.3 Å². The smallest absolute Gasteiger partial charge is 0.205 e. The highest BCUT2D eigenvalue weighted by atomic mass is 79.9. The van der Waals surface area contributed by atoms with Crippen LogP contribution in [0.1, 0.15) is 0 Å². The molecule has 2 aromatic rings. The van der Waals surface area contributed by atoms with Crippen LogP contribution in [0.4, 0.5) is 5.13 Å². The van der Waals surface area contributed by atoms with Crippen molar-refractivity contribution in [1.29, 1.82) is 0 Å². The van der Waals surface area contributed by atoms with Crippen LogP contribution in [0, 0.1) is 0 Å². The molecule has 0 spiro atoms. The summed E-state index contributed by atoms with van der Waals surface area (Å²) in [5.41, 5.74) is 1.06. The number of piperazine rings is 1. The SMILES string of the molecule is Brc1cccc(-c2nsc(N3CCNCC3)n2)c1. The normalized spacial score (nSPS) is 15.9. The van der Waals surface area contributed by atoms with Crippen molar-refractivity contribution in [1.82, 2.24) is 14.7 Å². The molecule has 1 saturated heterocycles. The Morgan fingerprint density at radius 1 is 1.28 bits per heavy atom. The summed E-state index contributed by atoms with van der Waals surface area (Å²) < 4.78 is 5.50. The van der Waals surface area contributed by atoms with Gasteiger partial charge in [0.05, 0.1) is 0 Å². The zero-order valence-electron chi connectivity index (χ0n) is 9.77. The molecule has 1 aliphatic heterocycles. The van der Waals surface area contributed by atoms with E-state index in [0.717, 1.165) is 47.2 Å². The Bertz CT molecular complexity index is 536. The Hall–Kier alpha value is -0.980. The van der Waals surface area contributed by atoms with Gasteiger partial charge in [-0.2, -0.15) is 9.36 Å². The molecule has 0 amide bonds. The van der Waals surface area contributed by atoms with Gasteiger partial charge in [0, 0.05) is 47.7 Å². The molecule has 6 heteroatoms. The van der Waals surface area contributed by atoms with Gasteiger partial charge in [0.1, 0.15) is 0 Å². The zero-order valence-corrected chi connectivity index (χ0v) is 12.2. The molecule has 0 unspecified atom stereocenters. The molecule has 2 heterocycles. The van der Waals surface area contributed by atoms with E-state index in [4.69, 9.17) is 0 Å². The lowest BCUT2D eigenvalue weighted by Crippen LogP contribution is -2.43. The van der Waals surface area contributed by atoms with Gasteiger partial charge < -0.3 is 10.2 Å². The highest BCUT2D eigenvalue weighted by molar-refractivity contribution is 9.10. The van der Waals surface area contributed by atoms with Gasteiger partial charge in [-0.1, -0.05) is 28.1 Å². The quantitative estimate of drug-likeness (QED) is 0.920. The number of nitrogens with one attached hydrogen (secondary N) is 1. The Balaban J connectivity index is 1.84. The molecule has 4 nitrogen and oxygen atoms in total. The van der Waals surface area contributed by atoms with Crippen LogP contribution >= 0.6 is 27.5 Å². The molecule has 0 saturated carbocycles. The molecular formula is C12H13BrN4S. The van der Waals surface area contributed by atoms with Gasteiger partial charge in [-0.05, 0) is 12.1 Å². The van der Waals surface area contributed by atoms with Crippen LogP contribution in [-0.2, 0) is 0 Å². The van der Waals surface area contributed by atoms with Crippen molar-refractivity contribution in [3.8, 4) is 11.4 Å². The van der Waals surface area contributed by atoms with Crippen LogP contribution in [-0.4, -0.2) is 35.5 Å². The van der Waals surface area contributed by atoms with E-state index in [2.05, 4.69) is 35.5 Å². The van der Waals surface area contributed by atoms with Crippen molar-refractivity contribution in [2.75, 3.05) is 31.1 Å². The third-order valence-corrected chi connectivity index (χ3v) is 4.16. The summed E-state index contributed by atoms with van der Waals surface area (Å²) in [6.45, 7) is 4.05. The highest BCUT2D eigenvalue weighted by Gasteiger charge is 2.15. The topological polar surface area (TPSA) is 41.1 Å². The molecule has 18 heavy (non-hydrogen) atoms. The Labute approximate surface area is 118 Å². The van der Waals surface area contributed by atoms with E-state index in [-0.39, 0.29) is 0 Å². The monoisotopic (exact) mass is 324 g/mol. The largest absolute Gasteiger partial charge is 0.344 e. The first kappa shape index (κ1) is 12.1. The van der Waals surface area contributed by atoms with Gasteiger partial charge >= 0.3 is 0 Å². The van der Waals surface area contributed by atoms with Gasteiger partial charge in [0.2, 0.25) is 5.13 Å². The molecule has 94 valence electrons. The van der Waals surface area contributed by atoms with Crippen LogP contribution in [0.3, 0.4) is 0 Å². The number of hydrogen-bond donors (Lipinski definition) is 1. The van der Waals surface area contributed by atoms with Crippen LogP contribution in [0.15, 0.2) is 28.7 Å². The van der Waals surface area contributed by atoms with E-state index in [1.165, 1.54) is 11.5 Å².